The summed E-state index contributed by atoms with van der Waals surface area (Å²) < 4.78 is 3.98. The second-order valence-electron chi connectivity index (χ2n) is 1.45. The van der Waals surface area contributed by atoms with Crippen LogP contribution in [-0.4, -0.2) is 27.5 Å². The Morgan fingerprint density at radius 3 is 2.17 bits per heavy atom. The monoisotopic (exact) mass is 296 g/mol. The molecule has 6 heavy (non-hydrogen) atoms. The van der Waals surface area contributed by atoms with Gasteiger partial charge in [-0.05, 0) is 0 Å². The molecular formula is C4H11STl. The zero-order chi connectivity index (χ0) is 4.99. The van der Waals surface area contributed by atoms with E-state index in [4.69, 9.17) is 0 Å². The Balaban J connectivity index is 2.75. The van der Waals surface area contributed by atoms with E-state index in [1.165, 1.54) is 3.98 Å². The van der Waals surface area contributed by atoms with Crippen molar-refractivity contribution in [2.75, 3.05) is 6.26 Å². The van der Waals surface area contributed by atoms with Gasteiger partial charge in [0.15, 0.2) is 0 Å². The van der Waals surface area contributed by atoms with E-state index >= 15 is 0 Å². The quantitative estimate of drug-likeness (QED) is 0.702. The van der Waals surface area contributed by atoms with E-state index in [1.54, 1.807) is 0 Å². The van der Waals surface area contributed by atoms with Gasteiger partial charge in [0.1, 0.15) is 0 Å². The van der Waals surface area contributed by atoms with Crippen LogP contribution in [0.3, 0.4) is 0 Å². The van der Waals surface area contributed by atoms with Gasteiger partial charge in [0.05, 0.1) is 0 Å². The van der Waals surface area contributed by atoms with Crippen molar-refractivity contribution in [2.45, 2.75) is 15.4 Å². The van der Waals surface area contributed by atoms with Gasteiger partial charge in [0.25, 0.3) is 0 Å². The Hall–Kier alpha value is 1.27. The van der Waals surface area contributed by atoms with Crippen LogP contribution in [0.25, 0.3) is 0 Å². The van der Waals surface area contributed by atoms with Crippen molar-refractivity contribution in [1.29, 1.82) is 0 Å². The normalized spacial score (nSPS) is 8.50. The molecule has 0 aromatic heterocycles. The summed E-state index contributed by atoms with van der Waals surface area (Å²) in [5.74, 6) is 0. The van der Waals surface area contributed by atoms with Gasteiger partial charge in [0.2, 0.25) is 0 Å². The summed E-state index contributed by atoms with van der Waals surface area (Å²) in [6.07, 6.45) is 2.25. The molecule has 0 heterocycles. The zero-order valence-corrected chi connectivity index (χ0v) is 10.00. The molecule has 0 atom stereocenters. The molecule has 0 saturated heterocycles. The molecule has 0 radical (unpaired) electrons. The molecule has 0 aliphatic carbocycles. The Kier molecular flexibility index (Phi) is 5.37. The SMILES string of the molecule is C[CH2][Tl]([CH3])[S]C. The van der Waals surface area contributed by atoms with E-state index in [9.17, 15) is 0 Å². The van der Waals surface area contributed by atoms with Gasteiger partial charge in [-0.2, -0.15) is 0 Å². The van der Waals surface area contributed by atoms with Gasteiger partial charge in [-0.15, -0.1) is 0 Å². The Morgan fingerprint density at radius 2 is 2.17 bits per heavy atom. The van der Waals surface area contributed by atoms with Crippen LogP contribution in [0.5, 0.6) is 0 Å². The van der Waals surface area contributed by atoms with Crippen LogP contribution in [0.1, 0.15) is 6.92 Å². The second kappa shape index (κ2) is 4.43. The summed E-state index contributed by atoms with van der Waals surface area (Å²) in [7, 11) is 2.15. The molecule has 0 bridgehead atoms. The van der Waals surface area contributed by atoms with Crippen LogP contribution in [-0.2, 0) is 0 Å². The van der Waals surface area contributed by atoms with Crippen LogP contribution in [0.15, 0.2) is 0 Å². The van der Waals surface area contributed by atoms with Crippen molar-refractivity contribution in [1.82, 2.24) is 0 Å². The maximum absolute atomic E-state index is 2.46. The third-order valence-corrected chi connectivity index (χ3v) is 18.6. The fourth-order valence-electron chi connectivity index (χ4n) is 0.167. The number of rotatable bonds is 2. The van der Waals surface area contributed by atoms with E-state index in [-0.39, 0.29) is 0 Å². The Bertz CT molecular complexity index is 26.7. The van der Waals surface area contributed by atoms with Gasteiger partial charge < -0.3 is 0 Å². The predicted octanol–water partition coefficient (Wildman–Crippen LogP) is 1.99. The summed E-state index contributed by atoms with van der Waals surface area (Å²) in [6, 6.07) is 0. The maximum atomic E-state index is 2.46. The molecule has 0 spiro atoms. The van der Waals surface area contributed by atoms with Crippen LogP contribution in [0.4, 0.5) is 0 Å². The van der Waals surface area contributed by atoms with E-state index in [1.807, 2.05) is 0 Å². The Labute approximate surface area is 51.0 Å². The number of hydrogen-bond acceptors (Lipinski definition) is 1. The first-order chi connectivity index (χ1) is 2.81. The first kappa shape index (κ1) is 7.27. The molecule has 0 unspecified atom stereocenters. The van der Waals surface area contributed by atoms with Gasteiger partial charge in [-0.3, -0.25) is 0 Å². The van der Waals surface area contributed by atoms with E-state index in [0.717, 1.165) is 0 Å². The van der Waals surface area contributed by atoms with Crippen LogP contribution < -0.4 is 0 Å². The van der Waals surface area contributed by atoms with Gasteiger partial charge in [-0.1, -0.05) is 0 Å². The van der Waals surface area contributed by atoms with E-state index in [2.05, 4.69) is 26.0 Å². The molecule has 0 N–H and O–H groups in total. The van der Waals surface area contributed by atoms with Gasteiger partial charge >= 0.3 is 51.2 Å². The molecule has 36 valence electrons. The van der Waals surface area contributed by atoms with E-state index in [0.29, 0.717) is 0 Å². The summed E-state index contributed by atoms with van der Waals surface area (Å²) >= 11 is -0.901. The third kappa shape index (κ3) is 3.46. The van der Waals surface area contributed by atoms with Crippen molar-refractivity contribution in [2.24, 2.45) is 0 Å². The predicted molar refractivity (Wildman–Crippen MR) is 35.6 cm³/mol. The summed E-state index contributed by atoms with van der Waals surface area (Å²) in [5, 5.41) is 0. The second-order valence-corrected chi connectivity index (χ2v) is 24.0. The molecular weight excluding hydrogens is 284 g/mol. The first-order valence-corrected chi connectivity index (χ1v) is 16.8. The van der Waals surface area contributed by atoms with Crippen molar-refractivity contribution < 1.29 is 0 Å². The molecule has 0 aliphatic heterocycles. The molecule has 0 aromatic rings. The molecule has 0 fully saturated rings. The average molecular weight is 296 g/mol. The zero-order valence-electron chi connectivity index (χ0n) is 4.69. The Morgan fingerprint density at radius 1 is 1.67 bits per heavy atom. The summed E-state index contributed by atoms with van der Waals surface area (Å²) in [5.41, 5.74) is 0. The molecule has 0 amide bonds. The van der Waals surface area contributed by atoms with Crippen molar-refractivity contribution in [3.63, 3.8) is 0 Å². The molecule has 0 aromatic carbocycles. The van der Waals surface area contributed by atoms with Crippen molar-refractivity contribution in [3.05, 3.63) is 0 Å². The molecule has 0 rings (SSSR count). The van der Waals surface area contributed by atoms with Gasteiger partial charge in [0, 0.05) is 0 Å². The fourth-order valence-corrected chi connectivity index (χ4v) is 4.39. The standard InChI is InChI=1S/C2H5.CH4S.CH3.Tl/c2*1-2;;/h1H2,2H3;2H,1H3;1H3;/q;;;+1/p-1. The van der Waals surface area contributed by atoms with Crippen molar-refractivity contribution >= 4 is 29.5 Å². The molecule has 0 aliphatic rings. The van der Waals surface area contributed by atoms with Crippen molar-refractivity contribution in [3.8, 4) is 0 Å². The van der Waals surface area contributed by atoms with Crippen LogP contribution >= 0.6 is 8.31 Å². The summed E-state index contributed by atoms with van der Waals surface area (Å²) in [4.78, 5) is 0. The fraction of sp³-hybridized carbons (Fsp3) is 1.00. The first-order valence-electron chi connectivity index (χ1n) is 2.34. The summed E-state index contributed by atoms with van der Waals surface area (Å²) in [6.45, 7) is 2.31. The number of hydrogen-bond donors (Lipinski definition) is 0. The average Bonchev–Trinajstić information content (AvgIpc) is 1.65. The topological polar surface area (TPSA) is 0 Å². The van der Waals surface area contributed by atoms with Crippen LogP contribution in [0, 0.1) is 0 Å². The van der Waals surface area contributed by atoms with Crippen LogP contribution in [0.2, 0.25) is 8.46 Å². The molecule has 0 nitrogen and oxygen atoms in total. The molecule has 2 heteroatoms. The van der Waals surface area contributed by atoms with E-state index < -0.39 is 21.2 Å². The minimum atomic E-state index is -0.901. The minimum absolute atomic E-state index is 0.901. The third-order valence-electron chi connectivity index (χ3n) is 0.977. The van der Waals surface area contributed by atoms with Gasteiger partial charge in [-0.25, -0.2) is 0 Å². The molecule has 0 saturated carbocycles.